The molecule has 0 saturated carbocycles. The van der Waals surface area contributed by atoms with Crippen LogP contribution < -0.4 is 5.32 Å². The average molecular weight is 317 g/mol. The van der Waals surface area contributed by atoms with Crippen molar-refractivity contribution in [3.63, 3.8) is 0 Å². The SMILES string of the molecule is CCC(O)CCNC(=O)C(C)(C)c1cccc(C(F)(F)F)c1. The summed E-state index contributed by atoms with van der Waals surface area (Å²) in [7, 11) is 0. The molecule has 0 bridgehead atoms. The Kier molecular flexibility index (Phi) is 6.00. The molecule has 0 aliphatic rings. The summed E-state index contributed by atoms with van der Waals surface area (Å²) < 4.78 is 38.3. The fraction of sp³-hybridized carbons (Fsp3) is 0.562. The molecule has 1 rings (SSSR count). The topological polar surface area (TPSA) is 49.3 Å². The van der Waals surface area contributed by atoms with Crippen molar-refractivity contribution < 1.29 is 23.1 Å². The molecule has 3 nitrogen and oxygen atoms in total. The molecular weight excluding hydrogens is 295 g/mol. The number of carbonyl (C=O) groups is 1. The maximum Gasteiger partial charge on any atom is 0.416 e. The van der Waals surface area contributed by atoms with E-state index >= 15 is 0 Å². The minimum Gasteiger partial charge on any atom is -0.393 e. The molecule has 6 heteroatoms. The van der Waals surface area contributed by atoms with Crippen LogP contribution in [0.5, 0.6) is 0 Å². The summed E-state index contributed by atoms with van der Waals surface area (Å²) in [6.45, 7) is 5.28. The first-order chi connectivity index (χ1) is 10.1. The van der Waals surface area contributed by atoms with Crippen LogP contribution in [0.15, 0.2) is 24.3 Å². The zero-order chi connectivity index (χ0) is 17.0. The highest BCUT2D eigenvalue weighted by molar-refractivity contribution is 5.87. The molecule has 0 fully saturated rings. The second kappa shape index (κ2) is 7.13. The van der Waals surface area contributed by atoms with Crippen molar-refractivity contribution in [1.29, 1.82) is 0 Å². The van der Waals surface area contributed by atoms with Gasteiger partial charge in [0.25, 0.3) is 0 Å². The van der Waals surface area contributed by atoms with Gasteiger partial charge in [-0.3, -0.25) is 4.79 Å². The highest BCUT2D eigenvalue weighted by Crippen LogP contribution is 2.32. The smallest absolute Gasteiger partial charge is 0.393 e. The minimum absolute atomic E-state index is 0.288. The summed E-state index contributed by atoms with van der Waals surface area (Å²) >= 11 is 0. The fourth-order valence-electron chi connectivity index (χ4n) is 1.99. The van der Waals surface area contributed by atoms with Crippen LogP contribution in [0.1, 0.15) is 44.7 Å². The van der Waals surface area contributed by atoms with Gasteiger partial charge in [0.05, 0.1) is 17.1 Å². The maximum absolute atomic E-state index is 12.8. The number of alkyl halides is 3. The summed E-state index contributed by atoms with van der Waals surface area (Å²) in [6, 6.07) is 4.79. The van der Waals surface area contributed by atoms with Crippen LogP contribution in [0.25, 0.3) is 0 Å². The second-order valence-corrected chi connectivity index (χ2v) is 5.81. The number of halogens is 3. The third-order valence-electron chi connectivity index (χ3n) is 3.71. The van der Waals surface area contributed by atoms with Crippen molar-refractivity contribution >= 4 is 5.91 Å². The Morgan fingerprint density at radius 3 is 2.41 bits per heavy atom. The summed E-state index contributed by atoms with van der Waals surface area (Å²) in [5, 5.41) is 12.1. The van der Waals surface area contributed by atoms with E-state index in [4.69, 9.17) is 0 Å². The number of rotatable bonds is 6. The van der Waals surface area contributed by atoms with Crippen molar-refractivity contribution in [2.75, 3.05) is 6.54 Å². The number of hydrogen-bond donors (Lipinski definition) is 2. The minimum atomic E-state index is -4.44. The lowest BCUT2D eigenvalue weighted by Gasteiger charge is -2.25. The van der Waals surface area contributed by atoms with Gasteiger partial charge in [-0.25, -0.2) is 0 Å². The monoisotopic (exact) mass is 317 g/mol. The van der Waals surface area contributed by atoms with E-state index in [1.54, 1.807) is 13.8 Å². The van der Waals surface area contributed by atoms with Gasteiger partial charge in [-0.1, -0.05) is 25.1 Å². The van der Waals surface area contributed by atoms with E-state index in [0.717, 1.165) is 12.1 Å². The number of amides is 1. The lowest BCUT2D eigenvalue weighted by atomic mass is 9.83. The average Bonchev–Trinajstić information content (AvgIpc) is 2.46. The van der Waals surface area contributed by atoms with E-state index in [1.807, 2.05) is 6.92 Å². The van der Waals surface area contributed by atoms with E-state index in [2.05, 4.69) is 5.32 Å². The third-order valence-corrected chi connectivity index (χ3v) is 3.71. The molecule has 2 N–H and O–H groups in total. The van der Waals surface area contributed by atoms with Crippen LogP contribution in [0, 0.1) is 0 Å². The molecule has 1 unspecified atom stereocenters. The van der Waals surface area contributed by atoms with Gasteiger partial charge in [0, 0.05) is 6.54 Å². The van der Waals surface area contributed by atoms with Crippen LogP contribution in [0.4, 0.5) is 13.2 Å². The second-order valence-electron chi connectivity index (χ2n) is 5.81. The predicted octanol–water partition coefficient (Wildman–Crippen LogP) is 3.26. The quantitative estimate of drug-likeness (QED) is 0.846. The molecule has 22 heavy (non-hydrogen) atoms. The van der Waals surface area contributed by atoms with Crippen LogP contribution in [-0.4, -0.2) is 23.7 Å². The largest absolute Gasteiger partial charge is 0.416 e. The first kappa shape index (κ1) is 18.5. The molecule has 0 aromatic heterocycles. The van der Waals surface area contributed by atoms with Gasteiger partial charge in [-0.2, -0.15) is 13.2 Å². The number of aliphatic hydroxyl groups excluding tert-OH is 1. The molecule has 0 heterocycles. The highest BCUT2D eigenvalue weighted by Gasteiger charge is 2.34. The first-order valence-electron chi connectivity index (χ1n) is 7.23. The van der Waals surface area contributed by atoms with Gasteiger partial charge in [0.2, 0.25) is 5.91 Å². The number of hydrogen-bond acceptors (Lipinski definition) is 2. The van der Waals surface area contributed by atoms with E-state index < -0.39 is 23.3 Å². The Bertz CT molecular complexity index is 512. The standard InChI is InChI=1S/C16H22F3NO2/c1-4-13(21)8-9-20-14(22)15(2,3)11-6-5-7-12(10-11)16(17,18)19/h5-7,10,13,21H,4,8-9H2,1-3H3,(H,20,22). The zero-order valence-electron chi connectivity index (χ0n) is 13.0. The third kappa shape index (κ3) is 4.73. The Labute approximate surface area is 128 Å². The zero-order valence-corrected chi connectivity index (χ0v) is 13.0. The summed E-state index contributed by atoms with van der Waals surface area (Å²) in [5.41, 5.74) is -1.55. The molecule has 1 aromatic carbocycles. The summed E-state index contributed by atoms with van der Waals surface area (Å²) in [5.74, 6) is -0.366. The van der Waals surface area contributed by atoms with Crippen molar-refractivity contribution in [3.8, 4) is 0 Å². The molecule has 0 aliphatic carbocycles. The molecule has 0 aliphatic heterocycles. The number of benzene rings is 1. The van der Waals surface area contributed by atoms with Crippen LogP contribution in [0.2, 0.25) is 0 Å². The van der Waals surface area contributed by atoms with Gasteiger partial charge in [-0.15, -0.1) is 0 Å². The lowest BCUT2D eigenvalue weighted by Crippen LogP contribution is -2.41. The van der Waals surface area contributed by atoms with Crippen molar-refractivity contribution in [3.05, 3.63) is 35.4 Å². The van der Waals surface area contributed by atoms with Crippen molar-refractivity contribution in [2.24, 2.45) is 0 Å². The van der Waals surface area contributed by atoms with E-state index in [-0.39, 0.29) is 12.5 Å². The maximum atomic E-state index is 12.8. The highest BCUT2D eigenvalue weighted by atomic mass is 19.4. The lowest BCUT2D eigenvalue weighted by molar-refractivity contribution is -0.138. The van der Waals surface area contributed by atoms with Crippen molar-refractivity contribution in [1.82, 2.24) is 5.32 Å². The van der Waals surface area contributed by atoms with E-state index in [9.17, 15) is 23.1 Å². The van der Waals surface area contributed by atoms with Gasteiger partial charge < -0.3 is 10.4 Å². The van der Waals surface area contributed by atoms with Crippen LogP contribution in [0.3, 0.4) is 0 Å². The van der Waals surface area contributed by atoms with Crippen LogP contribution >= 0.6 is 0 Å². The molecule has 1 atom stereocenters. The van der Waals surface area contributed by atoms with Gasteiger partial charge in [-0.05, 0) is 38.3 Å². The molecular formula is C16H22F3NO2. The Morgan fingerprint density at radius 2 is 1.86 bits per heavy atom. The molecule has 1 aromatic rings. The van der Waals surface area contributed by atoms with Gasteiger partial charge in [0.15, 0.2) is 0 Å². The Hall–Kier alpha value is -1.56. The Morgan fingerprint density at radius 1 is 1.27 bits per heavy atom. The summed E-state index contributed by atoms with van der Waals surface area (Å²) in [6.07, 6.45) is -3.92. The molecule has 124 valence electrons. The van der Waals surface area contributed by atoms with E-state index in [0.29, 0.717) is 18.4 Å². The first-order valence-corrected chi connectivity index (χ1v) is 7.23. The number of carbonyl (C=O) groups excluding carboxylic acids is 1. The number of nitrogens with one attached hydrogen (secondary N) is 1. The Balaban J connectivity index is 2.83. The van der Waals surface area contributed by atoms with Crippen molar-refractivity contribution in [2.45, 2.75) is 51.3 Å². The molecule has 0 spiro atoms. The van der Waals surface area contributed by atoms with E-state index in [1.165, 1.54) is 12.1 Å². The normalized spacial score (nSPS) is 13.8. The summed E-state index contributed by atoms with van der Waals surface area (Å²) in [4.78, 5) is 12.2. The van der Waals surface area contributed by atoms with Gasteiger partial charge in [0.1, 0.15) is 0 Å². The molecule has 0 radical (unpaired) electrons. The fourth-order valence-corrected chi connectivity index (χ4v) is 1.99. The predicted molar refractivity (Wildman–Crippen MR) is 78.4 cm³/mol. The molecule has 0 saturated heterocycles. The van der Waals surface area contributed by atoms with Crippen LogP contribution in [-0.2, 0) is 16.4 Å². The van der Waals surface area contributed by atoms with Gasteiger partial charge >= 0.3 is 6.18 Å². The number of aliphatic hydroxyl groups is 1. The molecule has 1 amide bonds.